The maximum Gasteiger partial charge on any atom is 0.319 e. The van der Waals surface area contributed by atoms with Crippen molar-refractivity contribution < 1.29 is 19.1 Å². The minimum absolute atomic E-state index is 0.00601. The Balaban J connectivity index is 2.67. The molecule has 4 heteroatoms. The Kier molecular flexibility index (Phi) is 4.47. The number of carbonyl (C=O) groups excluding carboxylic acids is 2. The second kappa shape index (κ2) is 5.43. The predicted octanol–water partition coefficient (Wildman–Crippen LogP) is 1.57. The lowest BCUT2D eigenvalue weighted by Gasteiger charge is -2.43. The van der Waals surface area contributed by atoms with E-state index in [9.17, 15) is 9.59 Å². The van der Waals surface area contributed by atoms with Crippen LogP contribution in [0.4, 0.5) is 0 Å². The molecule has 0 aromatic rings. The maximum absolute atomic E-state index is 11.9. The molecule has 0 heterocycles. The van der Waals surface area contributed by atoms with E-state index in [1.54, 1.807) is 0 Å². The average molecular weight is 228 g/mol. The second-order valence-corrected chi connectivity index (χ2v) is 4.49. The molecule has 0 aliphatic heterocycles. The van der Waals surface area contributed by atoms with Crippen LogP contribution in [0.1, 0.15) is 32.6 Å². The minimum Gasteiger partial charge on any atom is -0.468 e. The molecule has 1 fully saturated rings. The number of methoxy groups -OCH3 is 2. The van der Waals surface area contributed by atoms with Gasteiger partial charge in [0.05, 0.1) is 7.11 Å². The van der Waals surface area contributed by atoms with E-state index in [4.69, 9.17) is 9.47 Å². The molecule has 0 saturated heterocycles. The monoisotopic (exact) mass is 228 g/mol. The molecule has 16 heavy (non-hydrogen) atoms. The molecule has 1 aliphatic carbocycles. The Morgan fingerprint density at radius 3 is 2.38 bits per heavy atom. The van der Waals surface area contributed by atoms with Crippen LogP contribution in [0.25, 0.3) is 0 Å². The highest BCUT2D eigenvalue weighted by Gasteiger charge is 2.55. The largest absolute Gasteiger partial charge is 0.468 e. The fraction of sp³-hybridized carbons (Fsp3) is 0.833. The van der Waals surface area contributed by atoms with Crippen LogP contribution in [0.3, 0.4) is 0 Å². The van der Waals surface area contributed by atoms with Crippen molar-refractivity contribution in [1.82, 2.24) is 0 Å². The van der Waals surface area contributed by atoms with Gasteiger partial charge in [0.15, 0.2) is 5.78 Å². The highest BCUT2D eigenvalue weighted by Crippen LogP contribution is 2.49. The fourth-order valence-electron chi connectivity index (χ4n) is 2.51. The molecule has 0 bridgehead atoms. The number of ether oxygens (including phenoxy) is 2. The Hall–Kier alpha value is -0.900. The normalized spacial score (nSPS) is 28.3. The second-order valence-electron chi connectivity index (χ2n) is 4.49. The van der Waals surface area contributed by atoms with Crippen LogP contribution >= 0.6 is 0 Å². The van der Waals surface area contributed by atoms with Gasteiger partial charge in [0.25, 0.3) is 0 Å². The first kappa shape index (κ1) is 13.2. The topological polar surface area (TPSA) is 52.6 Å². The van der Waals surface area contributed by atoms with Crippen LogP contribution in [0.15, 0.2) is 0 Å². The number of ketones is 1. The van der Waals surface area contributed by atoms with E-state index in [2.05, 4.69) is 6.92 Å². The maximum atomic E-state index is 11.9. The van der Waals surface area contributed by atoms with E-state index in [1.807, 2.05) is 0 Å². The van der Waals surface area contributed by atoms with E-state index in [-0.39, 0.29) is 12.4 Å². The molecule has 0 amide bonds. The van der Waals surface area contributed by atoms with Crippen LogP contribution in [-0.2, 0) is 19.1 Å². The number of rotatable bonds is 6. The molecule has 0 N–H and O–H groups in total. The third-order valence-electron chi connectivity index (χ3n) is 3.36. The number of esters is 1. The van der Waals surface area contributed by atoms with Crippen LogP contribution in [0.2, 0.25) is 0 Å². The molecule has 0 radical (unpaired) electrons. The molecule has 0 atom stereocenters. The van der Waals surface area contributed by atoms with E-state index < -0.39 is 11.4 Å². The van der Waals surface area contributed by atoms with Crippen LogP contribution in [0.5, 0.6) is 0 Å². The summed E-state index contributed by atoms with van der Waals surface area (Å²) in [5, 5.41) is 0. The van der Waals surface area contributed by atoms with Gasteiger partial charge >= 0.3 is 5.97 Å². The number of hydrogen-bond acceptors (Lipinski definition) is 4. The van der Waals surface area contributed by atoms with Crippen molar-refractivity contribution >= 4 is 11.8 Å². The van der Waals surface area contributed by atoms with Crippen LogP contribution < -0.4 is 0 Å². The quantitative estimate of drug-likeness (QED) is 0.511. The molecule has 0 unspecified atom stereocenters. The van der Waals surface area contributed by atoms with Crippen molar-refractivity contribution in [3.05, 3.63) is 0 Å². The molecule has 1 aliphatic rings. The summed E-state index contributed by atoms with van der Waals surface area (Å²) in [6.45, 7) is 2.10. The van der Waals surface area contributed by atoms with Gasteiger partial charge in [-0.25, -0.2) is 0 Å². The molecule has 92 valence electrons. The summed E-state index contributed by atoms with van der Waals surface area (Å²) in [5.74, 6) is -0.0685. The Bertz CT molecular complexity index is 266. The van der Waals surface area contributed by atoms with Gasteiger partial charge in [-0.1, -0.05) is 19.8 Å². The van der Waals surface area contributed by atoms with E-state index in [0.29, 0.717) is 18.8 Å². The van der Waals surface area contributed by atoms with Gasteiger partial charge in [0.1, 0.15) is 12.0 Å². The van der Waals surface area contributed by atoms with Crippen molar-refractivity contribution in [2.45, 2.75) is 32.6 Å². The summed E-state index contributed by atoms with van der Waals surface area (Å²) in [5.41, 5.74) is -0.912. The SMILES string of the molecule is CCCC1CC(C(=O)COC)(C(=O)OC)C1. The van der Waals surface area contributed by atoms with E-state index in [1.165, 1.54) is 14.2 Å². The fourth-order valence-corrected chi connectivity index (χ4v) is 2.51. The molecular formula is C12H20O4. The lowest BCUT2D eigenvalue weighted by molar-refractivity contribution is -0.169. The standard InChI is InChI=1S/C12H20O4/c1-4-5-9-6-12(7-9,11(14)16-3)10(13)8-15-2/h9H,4-8H2,1-3H3. The zero-order chi connectivity index (χ0) is 12.2. The third-order valence-corrected chi connectivity index (χ3v) is 3.36. The highest BCUT2D eigenvalue weighted by atomic mass is 16.5. The molecule has 0 aromatic heterocycles. The first-order valence-corrected chi connectivity index (χ1v) is 5.71. The molecule has 4 nitrogen and oxygen atoms in total. The van der Waals surface area contributed by atoms with Crippen molar-refractivity contribution in [1.29, 1.82) is 0 Å². The van der Waals surface area contributed by atoms with Gasteiger partial charge < -0.3 is 9.47 Å². The zero-order valence-electron chi connectivity index (χ0n) is 10.2. The first-order valence-electron chi connectivity index (χ1n) is 5.71. The lowest BCUT2D eigenvalue weighted by atomic mass is 9.58. The summed E-state index contributed by atoms with van der Waals surface area (Å²) in [4.78, 5) is 23.6. The van der Waals surface area contributed by atoms with Gasteiger partial charge in [-0.05, 0) is 18.8 Å². The van der Waals surface area contributed by atoms with Crippen molar-refractivity contribution in [3.8, 4) is 0 Å². The number of carbonyl (C=O) groups is 2. The van der Waals surface area contributed by atoms with Gasteiger partial charge in [-0.2, -0.15) is 0 Å². The molecule has 0 aromatic carbocycles. The summed E-state index contributed by atoms with van der Waals surface area (Å²) >= 11 is 0. The van der Waals surface area contributed by atoms with E-state index in [0.717, 1.165) is 12.8 Å². The van der Waals surface area contributed by atoms with E-state index >= 15 is 0 Å². The Morgan fingerprint density at radius 2 is 1.94 bits per heavy atom. The molecular weight excluding hydrogens is 208 g/mol. The van der Waals surface area contributed by atoms with Crippen molar-refractivity contribution in [2.75, 3.05) is 20.8 Å². The Morgan fingerprint density at radius 1 is 1.31 bits per heavy atom. The van der Waals surface area contributed by atoms with Crippen LogP contribution in [-0.4, -0.2) is 32.6 Å². The summed E-state index contributed by atoms with van der Waals surface area (Å²) in [6, 6.07) is 0. The first-order chi connectivity index (χ1) is 7.60. The van der Waals surface area contributed by atoms with Crippen molar-refractivity contribution in [3.63, 3.8) is 0 Å². The van der Waals surface area contributed by atoms with Crippen molar-refractivity contribution in [2.24, 2.45) is 11.3 Å². The van der Waals surface area contributed by atoms with Crippen LogP contribution in [0, 0.1) is 11.3 Å². The van der Waals surface area contributed by atoms with Gasteiger partial charge in [0.2, 0.25) is 0 Å². The lowest BCUT2D eigenvalue weighted by Crippen LogP contribution is -2.51. The average Bonchev–Trinajstić information content (AvgIpc) is 2.22. The Labute approximate surface area is 96.3 Å². The summed E-state index contributed by atoms with van der Waals surface area (Å²) in [6.07, 6.45) is 3.39. The number of hydrogen-bond donors (Lipinski definition) is 0. The van der Waals surface area contributed by atoms with Gasteiger partial charge in [-0.3, -0.25) is 9.59 Å². The minimum atomic E-state index is -0.912. The predicted molar refractivity (Wildman–Crippen MR) is 59.0 cm³/mol. The molecule has 1 saturated carbocycles. The smallest absolute Gasteiger partial charge is 0.319 e. The third kappa shape index (κ3) is 2.26. The van der Waals surface area contributed by atoms with Gasteiger partial charge in [-0.15, -0.1) is 0 Å². The summed E-state index contributed by atoms with van der Waals surface area (Å²) in [7, 11) is 2.79. The molecule has 1 rings (SSSR count). The molecule has 0 spiro atoms. The highest BCUT2D eigenvalue weighted by molar-refractivity contribution is 6.05. The zero-order valence-corrected chi connectivity index (χ0v) is 10.2. The van der Waals surface area contributed by atoms with Gasteiger partial charge in [0, 0.05) is 7.11 Å². The number of Topliss-reactive ketones (excluding diaryl/α,β-unsaturated/α-hetero) is 1. The summed E-state index contributed by atoms with van der Waals surface area (Å²) < 4.78 is 9.55.